The summed E-state index contributed by atoms with van der Waals surface area (Å²) < 4.78 is 5.54. The van der Waals surface area contributed by atoms with E-state index < -0.39 is 11.5 Å². The van der Waals surface area contributed by atoms with Gasteiger partial charge in [0.1, 0.15) is 11.6 Å². The number of aromatic nitrogens is 2. The van der Waals surface area contributed by atoms with Crippen LogP contribution >= 0.6 is 11.6 Å². The molecule has 1 N–H and O–H groups in total. The zero-order valence-corrected chi connectivity index (χ0v) is 12.9. The fraction of sp³-hybridized carbons (Fsp3) is 0.615. The Bertz CT molecular complexity index is 569. The molecule has 1 aromatic rings. The van der Waals surface area contributed by atoms with Gasteiger partial charge in [-0.1, -0.05) is 11.6 Å². The molecule has 0 aliphatic carbocycles. The molecule has 1 aromatic heterocycles. The molecule has 1 saturated heterocycles. The largest absolute Gasteiger partial charge is 0.468 e. The Hall–Kier alpha value is -1.60. The van der Waals surface area contributed by atoms with E-state index in [0.29, 0.717) is 11.7 Å². The number of nitrogens with zero attached hydrogens (tertiary/aromatic N) is 3. The number of methoxy groups -OCH3 is 1. The number of carbonyl (C=O) groups is 1. The Morgan fingerprint density at radius 3 is 3.00 bits per heavy atom. The van der Waals surface area contributed by atoms with Gasteiger partial charge in [-0.3, -0.25) is 9.59 Å². The molecule has 2 heterocycles. The highest BCUT2D eigenvalue weighted by Crippen LogP contribution is 2.24. The molecule has 0 bridgehead atoms. The van der Waals surface area contributed by atoms with Gasteiger partial charge in [-0.2, -0.15) is 5.10 Å². The molecule has 0 spiro atoms. The monoisotopic (exact) mass is 314 g/mol. The molecule has 7 nitrogen and oxygen atoms in total. The van der Waals surface area contributed by atoms with Crippen molar-refractivity contribution in [1.29, 1.82) is 0 Å². The van der Waals surface area contributed by atoms with Gasteiger partial charge in [0.05, 0.1) is 19.0 Å². The van der Waals surface area contributed by atoms with E-state index in [0.717, 1.165) is 30.7 Å². The van der Waals surface area contributed by atoms with Crippen LogP contribution in [0.25, 0.3) is 0 Å². The second-order valence-corrected chi connectivity index (χ2v) is 5.19. The fourth-order valence-electron chi connectivity index (χ4n) is 2.49. The standard InChI is InChI=1S/C13H19ClN4O3/c1-3-17(9-4-5-15-6-9)10-7-16-18(8-11(19)21-2)13(20)12(10)14/h7,9,15H,3-6,8H2,1-2H3. The SMILES string of the molecule is CCN(c1cnn(CC(=O)OC)c(=O)c1Cl)C1CCNC1. The van der Waals surface area contributed by atoms with Crippen LogP contribution in [0.4, 0.5) is 5.69 Å². The second-order valence-electron chi connectivity index (χ2n) is 4.82. The Kier molecular flexibility index (Phi) is 5.19. The number of hydrogen-bond acceptors (Lipinski definition) is 6. The van der Waals surface area contributed by atoms with E-state index in [4.69, 9.17) is 11.6 Å². The van der Waals surface area contributed by atoms with Gasteiger partial charge in [-0.05, 0) is 19.9 Å². The molecule has 1 atom stereocenters. The first-order valence-corrected chi connectivity index (χ1v) is 7.26. The summed E-state index contributed by atoms with van der Waals surface area (Å²) in [6.45, 7) is 4.30. The van der Waals surface area contributed by atoms with Crippen LogP contribution in [0, 0.1) is 0 Å². The summed E-state index contributed by atoms with van der Waals surface area (Å²) in [6.07, 6.45) is 2.53. The average molecular weight is 315 g/mol. The number of halogens is 1. The van der Waals surface area contributed by atoms with E-state index in [1.54, 1.807) is 0 Å². The summed E-state index contributed by atoms with van der Waals surface area (Å²) in [5, 5.41) is 7.40. The van der Waals surface area contributed by atoms with Crippen LogP contribution in [0.2, 0.25) is 5.02 Å². The van der Waals surface area contributed by atoms with Crippen LogP contribution in [0.15, 0.2) is 11.0 Å². The third-order valence-electron chi connectivity index (χ3n) is 3.60. The summed E-state index contributed by atoms with van der Waals surface area (Å²) in [4.78, 5) is 25.5. The molecule has 116 valence electrons. The Morgan fingerprint density at radius 1 is 1.67 bits per heavy atom. The molecule has 2 rings (SSSR count). The van der Waals surface area contributed by atoms with Crippen LogP contribution in [0.5, 0.6) is 0 Å². The summed E-state index contributed by atoms with van der Waals surface area (Å²) in [5.41, 5.74) is 0.128. The minimum absolute atomic E-state index is 0.0858. The lowest BCUT2D eigenvalue weighted by molar-refractivity contribution is -0.141. The van der Waals surface area contributed by atoms with Gasteiger partial charge < -0.3 is 15.0 Å². The number of anilines is 1. The van der Waals surface area contributed by atoms with Crippen molar-refractivity contribution < 1.29 is 9.53 Å². The molecular weight excluding hydrogens is 296 g/mol. The third-order valence-corrected chi connectivity index (χ3v) is 3.95. The van der Waals surface area contributed by atoms with Gasteiger partial charge in [0.25, 0.3) is 5.56 Å². The smallest absolute Gasteiger partial charge is 0.327 e. The van der Waals surface area contributed by atoms with Crippen molar-refractivity contribution in [1.82, 2.24) is 15.1 Å². The van der Waals surface area contributed by atoms with Crippen molar-refractivity contribution in [2.45, 2.75) is 25.9 Å². The molecule has 0 saturated carbocycles. The molecule has 1 aliphatic rings. The highest BCUT2D eigenvalue weighted by atomic mass is 35.5. The van der Waals surface area contributed by atoms with Crippen molar-refractivity contribution in [3.05, 3.63) is 21.6 Å². The maximum atomic E-state index is 12.2. The van der Waals surface area contributed by atoms with Gasteiger partial charge in [0.2, 0.25) is 0 Å². The van der Waals surface area contributed by atoms with Gasteiger partial charge in [0.15, 0.2) is 0 Å². The maximum Gasteiger partial charge on any atom is 0.327 e. The number of nitrogens with one attached hydrogen (secondary N) is 1. The normalized spacial score (nSPS) is 17.8. The highest BCUT2D eigenvalue weighted by molar-refractivity contribution is 6.33. The first kappa shape index (κ1) is 15.8. The van der Waals surface area contributed by atoms with E-state index in [-0.39, 0.29) is 11.6 Å². The molecule has 1 unspecified atom stereocenters. The maximum absolute atomic E-state index is 12.2. The minimum atomic E-state index is -0.541. The number of ether oxygens (including phenoxy) is 1. The number of carbonyl (C=O) groups excluding carboxylic acids is 1. The lowest BCUT2D eigenvalue weighted by Crippen LogP contribution is -2.39. The molecule has 1 fully saturated rings. The van der Waals surface area contributed by atoms with Crippen molar-refractivity contribution in [2.24, 2.45) is 0 Å². The van der Waals surface area contributed by atoms with E-state index in [9.17, 15) is 9.59 Å². The van der Waals surface area contributed by atoms with E-state index in [2.05, 4.69) is 20.1 Å². The van der Waals surface area contributed by atoms with Crippen molar-refractivity contribution in [2.75, 3.05) is 31.6 Å². The van der Waals surface area contributed by atoms with Crippen LogP contribution in [-0.2, 0) is 16.1 Å². The number of rotatable bonds is 5. The van der Waals surface area contributed by atoms with Crippen LogP contribution < -0.4 is 15.8 Å². The van der Waals surface area contributed by atoms with Gasteiger partial charge in [-0.25, -0.2) is 4.68 Å². The third kappa shape index (κ3) is 3.36. The van der Waals surface area contributed by atoms with Gasteiger partial charge >= 0.3 is 5.97 Å². The van der Waals surface area contributed by atoms with Crippen molar-refractivity contribution in [3.63, 3.8) is 0 Å². The number of likely N-dealkylation sites (N-methyl/N-ethyl adjacent to an activating group) is 1. The lowest BCUT2D eigenvalue weighted by atomic mass is 10.2. The number of hydrogen-bond donors (Lipinski definition) is 1. The molecule has 0 aromatic carbocycles. The zero-order chi connectivity index (χ0) is 15.4. The van der Waals surface area contributed by atoms with E-state index in [1.165, 1.54) is 13.3 Å². The van der Waals surface area contributed by atoms with Crippen molar-refractivity contribution >= 4 is 23.3 Å². The summed E-state index contributed by atoms with van der Waals surface area (Å²) in [7, 11) is 1.26. The van der Waals surface area contributed by atoms with Crippen molar-refractivity contribution in [3.8, 4) is 0 Å². The van der Waals surface area contributed by atoms with Crippen LogP contribution in [0.1, 0.15) is 13.3 Å². The van der Waals surface area contributed by atoms with Crippen LogP contribution in [0.3, 0.4) is 0 Å². The Balaban J connectivity index is 2.30. The Labute approximate surface area is 127 Å². The summed E-state index contributed by atoms with van der Waals surface area (Å²) in [6, 6.07) is 0.296. The number of esters is 1. The topological polar surface area (TPSA) is 76.5 Å². The van der Waals surface area contributed by atoms with Crippen LogP contribution in [-0.4, -0.2) is 48.5 Å². The molecule has 21 heavy (non-hydrogen) atoms. The van der Waals surface area contributed by atoms with E-state index >= 15 is 0 Å². The highest BCUT2D eigenvalue weighted by Gasteiger charge is 2.25. The second kappa shape index (κ2) is 6.91. The molecular formula is C13H19ClN4O3. The molecule has 8 heteroatoms. The fourth-order valence-corrected chi connectivity index (χ4v) is 2.74. The quantitative estimate of drug-likeness (QED) is 0.786. The molecule has 0 radical (unpaired) electrons. The summed E-state index contributed by atoms with van der Waals surface area (Å²) >= 11 is 6.19. The molecule has 1 aliphatic heterocycles. The summed E-state index contributed by atoms with van der Waals surface area (Å²) in [5.74, 6) is -0.541. The lowest BCUT2D eigenvalue weighted by Gasteiger charge is -2.29. The van der Waals surface area contributed by atoms with E-state index in [1.807, 2.05) is 6.92 Å². The minimum Gasteiger partial charge on any atom is -0.468 e. The zero-order valence-electron chi connectivity index (χ0n) is 12.1. The predicted octanol–water partition coefficient (Wildman–Crippen LogP) is 0.258. The first-order chi connectivity index (χ1) is 10.1. The first-order valence-electron chi connectivity index (χ1n) is 6.88. The molecule has 0 amide bonds. The Morgan fingerprint density at radius 2 is 2.43 bits per heavy atom. The predicted molar refractivity (Wildman–Crippen MR) is 79.8 cm³/mol. The van der Waals surface area contributed by atoms with Gasteiger partial charge in [-0.15, -0.1) is 0 Å². The average Bonchev–Trinajstić information content (AvgIpc) is 3.01. The van der Waals surface area contributed by atoms with Gasteiger partial charge in [0, 0.05) is 19.1 Å².